The molecular weight excluding hydrogens is 510 g/mol. The number of anilines is 1. The summed E-state index contributed by atoms with van der Waals surface area (Å²) in [6, 6.07) is 11.7. The van der Waals surface area contributed by atoms with Gasteiger partial charge in [-0.3, -0.25) is 4.72 Å². The number of rotatable bonds is 7. The quantitative estimate of drug-likeness (QED) is 0.415. The van der Waals surface area contributed by atoms with Crippen LogP contribution >= 0.6 is 22.9 Å². The molecule has 0 radical (unpaired) electrons. The van der Waals surface area contributed by atoms with Crippen molar-refractivity contribution in [2.45, 2.75) is 30.1 Å². The third-order valence-corrected chi connectivity index (χ3v) is 10.1. The minimum absolute atomic E-state index is 0.136. The molecule has 0 spiro atoms. The SMILES string of the molecule is Cc1c(S(=O)(=O)Nc2cccc(C(=O)OC(C3CCOC3)C3CCOC3)c2)sc2ccc(Cl)cc12. The Morgan fingerprint density at radius 3 is 2.49 bits per heavy atom. The number of hydrogen-bond acceptors (Lipinski definition) is 7. The maximum absolute atomic E-state index is 13.2. The van der Waals surface area contributed by atoms with E-state index in [4.69, 9.17) is 25.8 Å². The van der Waals surface area contributed by atoms with Crippen LogP contribution in [0.4, 0.5) is 5.69 Å². The standard InChI is InChI=1S/C25H26ClNO6S2/c1-15-21-12-19(26)5-6-22(21)34-25(15)35(29,30)27-20-4-2-3-16(11-20)24(28)33-23(17-7-9-31-13-17)18-8-10-32-14-18/h2-6,11-12,17-18,23,27H,7-10,13-14H2,1H3. The van der Waals surface area contributed by atoms with Crippen molar-refractivity contribution in [2.75, 3.05) is 31.1 Å². The average Bonchev–Trinajstić information content (AvgIpc) is 3.60. The smallest absolute Gasteiger partial charge is 0.338 e. The molecule has 10 heteroatoms. The van der Waals surface area contributed by atoms with Crippen LogP contribution in [0.1, 0.15) is 28.8 Å². The Hall–Kier alpha value is -2.17. The normalized spacial score (nSPS) is 21.3. The molecule has 2 fully saturated rings. The first-order valence-corrected chi connectivity index (χ1v) is 14.2. The zero-order chi connectivity index (χ0) is 24.6. The molecule has 0 aliphatic carbocycles. The van der Waals surface area contributed by atoms with Crippen LogP contribution in [0.2, 0.25) is 5.02 Å². The summed E-state index contributed by atoms with van der Waals surface area (Å²) in [7, 11) is -3.87. The molecule has 0 bridgehead atoms. The Bertz CT molecular complexity index is 1330. The second kappa shape index (κ2) is 10.1. The number of esters is 1. The predicted octanol–water partition coefficient (Wildman–Crippen LogP) is 5.26. The van der Waals surface area contributed by atoms with E-state index in [9.17, 15) is 13.2 Å². The van der Waals surface area contributed by atoms with Gasteiger partial charge in [0.25, 0.3) is 10.0 Å². The fraction of sp³-hybridized carbons (Fsp3) is 0.400. The van der Waals surface area contributed by atoms with Gasteiger partial charge in [0.1, 0.15) is 10.3 Å². The molecule has 0 amide bonds. The van der Waals surface area contributed by atoms with E-state index < -0.39 is 16.0 Å². The van der Waals surface area contributed by atoms with Gasteiger partial charge in [-0.05, 0) is 67.1 Å². The van der Waals surface area contributed by atoms with Crippen LogP contribution in [-0.2, 0) is 24.2 Å². The van der Waals surface area contributed by atoms with E-state index in [-0.39, 0.29) is 27.7 Å². The number of thiophene rings is 1. The number of ether oxygens (including phenoxy) is 3. The summed E-state index contributed by atoms with van der Waals surface area (Å²) in [6.45, 7) is 4.21. The largest absolute Gasteiger partial charge is 0.458 e. The number of benzene rings is 2. The predicted molar refractivity (Wildman–Crippen MR) is 136 cm³/mol. The highest BCUT2D eigenvalue weighted by Crippen LogP contribution is 2.36. The molecule has 5 rings (SSSR count). The summed E-state index contributed by atoms with van der Waals surface area (Å²) >= 11 is 7.27. The molecule has 1 N–H and O–H groups in total. The third-order valence-electron chi connectivity index (χ3n) is 6.55. The number of carbonyl (C=O) groups is 1. The first kappa shape index (κ1) is 24.5. The van der Waals surface area contributed by atoms with E-state index in [1.807, 2.05) is 6.07 Å². The number of halogens is 1. The lowest BCUT2D eigenvalue weighted by Crippen LogP contribution is -2.35. The van der Waals surface area contributed by atoms with Crippen molar-refractivity contribution in [1.29, 1.82) is 0 Å². The zero-order valence-electron chi connectivity index (χ0n) is 19.2. The van der Waals surface area contributed by atoms with Gasteiger partial charge in [0.05, 0.1) is 18.8 Å². The maximum Gasteiger partial charge on any atom is 0.338 e. The van der Waals surface area contributed by atoms with Crippen LogP contribution in [-0.4, -0.2) is 46.9 Å². The minimum atomic E-state index is -3.87. The van der Waals surface area contributed by atoms with Gasteiger partial charge >= 0.3 is 5.97 Å². The highest BCUT2D eigenvalue weighted by Gasteiger charge is 2.37. The summed E-state index contributed by atoms with van der Waals surface area (Å²) in [4.78, 5) is 13.1. The van der Waals surface area contributed by atoms with E-state index in [0.717, 1.165) is 22.9 Å². The van der Waals surface area contributed by atoms with E-state index in [1.54, 1.807) is 37.3 Å². The summed E-state index contributed by atoms with van der Waals surface area (Å²) < 4.78 is 47.1. The van der Waals surface area contributed by atoms with E-state index in [2.05, 4.69) is 4.72 Å². The molecule has 0 saturated carbocycles. The number of hydrogen-bond donors (Lipinski definition) is 1. The molecule has 7 nitrogen and oxygen atoms in total. The van der Waals surface area contributed by atoms with Crippen LogP contribution in [0.25, 0.3) is 10.1 Å². The summed E-state index contributed by atoms with van der Waals surface area (Å²) in [6.07, 6.45) is 1.39. The van der Waals surface area contributed by atoms with Crippen molar-refractivity contribution in [2.24, 2.45) is 11.8 Å². The van der Waals surface area contributed by atoms with Crippen LogP contribution in [0, 0.1) is 18.8 Å². The Kier molecular flexibility index (Phi) is 7.05. The topological polar surface area (TPSA) is 90.9 Å². The highest BCUT2D eigenvalue weighted by atomic mass is 35.5. The zero-order valence-corrected chi connectivity index (χ0v) is 21.5. The lowest BCUT2D eigenvalue weighted by atomic mass is 9.89. The van der Waals surface area contributed by atoms with Gasteiger partial charge in [0.2, 0.25) is 0 Å². The van der Waals surface area contributed by atoms with E-state index >= 15 is 0 Å². The molecule has 3 aromatic rings. The van der Waals surface area contributed by atoms with Gasteiger partial charge in [0, 0.05) is 40.5 Å². The fourth-order valence-electron chi connectivity index (χ4n) is 4.73. The van der Waals surface area contributed by atoms with Crippen molar-refractivity contribution in [3.05, 3.63) is 58.6 Å². The Morgan fingerprint density at radius 1 is 1.11 bits per heavy atom. The first-order chi connectivity index (χ1) is 16.8. The van der Waals surface area contributed by atoms with Crippen LogP contribution in [0.3, 0.4) is 0 Å². The third kappa shape index (κ3) is 5.20. The molecule has 186 valence electrons. The molecule has 2 atom stereocenters. The monoisotopic (exact) mass is 535 g/mol. The van der Waals surface area contributed by atoms with Gasteiger partial charge in [-0.1, -0.05) is 17.7 Å². The Morgan fingerprint density at radius 2 is 1.83 bits per heavy atom. The number of fused-ring (bicyclic) bond motifs is 1. The summed E-state index contributed by atoms with van der Waals surface area (Å²) in [5.74, 6) is -0.212. The Labute approximate surface area is 213 Å². The van der Waals surface area contributed by atoms with Crippen molar-refractivity contribution < 1.29 is 27.4 Å². The number of sulfonamides is 1. The van der Waals surface area contributed by atoms with Crippen LogP contribution in [0.5, 0.6) is 0 Å². The first-order valence-electron chi connectivity index (χ1n) is 11.5. The number of nitrogens with one attached hydrogen (secondary N) is 1. The molecule has 2 aliphatic rings. The van der Waals surface area contributed by atoms with Gasteiger partial charge in [-0.2, -0.15) is 0 Å². The second-order valence-corrected chi connectivity index (χ2v) is 12.3. The number of carbonyl (C=O) groups excluding carboxylic acids is 1. The van der Waals surface area contributed by atoms with Crippen molar-refractivity contribution in [3.8, 4) is 0 Å². The van der Waals surface area contributed by atoms with Crippen molar-refractivity contribution in [3.63, 3.8) is 0 Å². The van der Waals surface area contributed by atoms with Crippen LogP contribution < -0.4 is 4.72 Å². The second-order valence-electron chi connectivity index (χ2n) is 8.96. The van der Waals surface area contributed by atoms with Gasteiger partial charge in [-0.25, -0.2) is 13.2 Å². The van der Waals surface area contributed by atoms with Gasteiger partial charge < -0.3 is 14.2 Å². The molecule has 2 aliphatic heterocycles. The highest BCUT2D eigenvalue weighted by molar-refractivity contribution is 7.94. The molecule has 2 saturated heterocycles. The van der Waals surface area contributed by atoms with Gasteiger partial charge in [0.15, 0.2) is 0 Å². The lowest BCUT2D eigenvalue weighted by Gasteiger charge is -2.27. The van der Waals surface area contributed by atoms with E-state index in [1.165, 1.54) is 17.4 Å². The van der Waals surface area contributed by atoms with Crippen molar-refractivity contribution >= 4 is 54.7 Å². The maximum atomic E-state index is 13.2. The lowest BCUT2D eigenvalue weighted by molar-refractivity contribution is -0.0119. The molecule has 35 heavy (non-hydrogen) atoms. The average molecular weight is 536 g/mol. The molecule has 2 aromatic carbocycles. The molecule has 3 heterocycles. The van der Waals surface area contributed by atoms with Gasteiger partial charge in [-0.15, -0.1) is 11.3 Å². The fourth-order valence-corrected chi connectivity index (χ4v) is 7.70. The van der Waals surface area contributed by atoms with Crippen molar-refractivity contribution in [1.82, 2.24) is 0 Å². The van der Waals surface area contributed by atoms with Crippen LogP contribution in [0.15, 0.2) is 46.7 Å². The summed E-state index contributed by atoms with van der Waals surface area (Å²) in [5.41, 5.74) is 1.21. The molecular formula is C25H26ClNO6S2. The number of aryl methyl sites for hydroxylation is 1. The summed E-state index contributed by atoms with van der Waals surface area (Å²) in [5, 5.41) is 1.35. The van der Waals surface area contributed by atoms with E-state index in [0.29, 0.717) is 42.7 Å². The molecule has 1 aromatic heterocycles. The minimum Gasteiger partial charge on any atom is -0.458 e. The Balaban J connectivity index is 1.35. The molecule has 2 unspecified atom stereocenters.